The molecule has 14 heavy (non-hydrogen) atoms. The lowest BCUT2D eigenvalue weighted by Gasteiger charge is -2.11. The predicted molar refractivity (Wildman–Crippen MR) is 63.1 cm³/mol. The fraction of sp³-hybridized carbons (Fsp3) is 0.545. The Hall–Kier alpha value is -1.25. The number of nitrogens with two attached hydrogens (primary N) is 1. The molecule has 3 N–H and O–H groups in total. The molecule has 0 spiro atoms. The Morgan fingerprint density at radius 3 is 2.50 bits per heavy atom. The van der Waals surface area contributed by atoms with Gasteiger partial charge in [0.2, 0.25) is 0 Å². The van der Waals surface area contributed by atoms with Gasteiger partial charge in [-0.05, 0) is 33.3 Å². The summed E-state index contributed by atoms with van der Waals surface area (Å²) >= 11 is 0. The van der Waals surface area contributed by atoms with Gasteiger partial charge in [-0.1, -0.05) is 13.5 Å². The lowest BCUT2D eigenvalue weighted by molar-refractivity contribution is 0.661. The van der Waals surface area contributed by atoms with Crippen molar-refractivity contribution in [3.05, 3.63) is 24.2 Å². The van der Waals surface area contributed by atoms with Gasteiger partial charge in [0.25, 0.3) is 0 Å². The molecule has 0 aliphatic heterocycles. The summed E-state index contributed by atoms with van der Waals surface area (Å²) in [6.45, 7) is 11.8. The van der Waals surface area contributed by atoms with Crippen molar-refractivity contribution in [3.63, 3.8) is 0 Å². The molecule has 0 saturated carbocycles. The van der Waals surface area contributed by atoms with Gasteiger partial charge in [0.05, 0.1) is 5.70 Å². The third-order valence-corrected chi connectivity index (χ3v) is 1.75. The van der Waals surface area contributed by atoms with Crippen LogP contribution >= 0.6 is 0 Å². The lowest BCUT2D eigenvalue weighted by atomic mass is 10.3. The van der Waals surface area contributed by atoms with Gasteiger partial charge < -0.3 is 11.1 Å². The first-order chi connectivity index (χ1) is 6.51. The smallest absolute Gasteiger partial charge is 0.142 e. The summed E-state index contributed by atoms with van der Waals surface area (Å²) in [7, 11) is 0. The molecule has 0 atom stereocenters. The van der Waals surface area contributed by atoms with Crippen LogP contribution in [0.15, 0.2) is 29.2 Å². The van der Waals surface area contributed by atoms with Crippen LogP contribution in [0.1, 0.15) is 34.1 Å². The number of allylic oxidation sites excluding steroid dienone is 2. The molecule has 0 aromatic carbocycles. The second-order valence-electron chi connectivity index (χ2n) is 3.47. The zero-order chi connectivity index (χ0) is 11.1. The highest BCUT2D eigenvalue weighted by Crippen LogP contribution is 2.00. The molecular formula is C11H21N3. The van der Waals surface area contributed by atoms with Crippen molar-refractivity contribution >= 4 is 5.71 Å². The molecule has 0 aromatic rings. The van der Waals surface area contributed by atoms with Gasteiger partial charge in [0.1, 0.15) is 5.82 Å². The summed E-state index contributed by atoms with van der Waals surface area (Å²) < 4.78 is 0. The maximum atomic E-state index is 5.80. The fourth-order valence-electron chi connectivity index (χ4n) is 1.01. The van der Waals surface area contributed by atoms with Crippen molar-refractivity contribution in [1.29, 1.82) is 0 Å². The van der Waals surface area contributed by atoms with Crippen LogP contribution in [0.2, 0.25) is 0 Å². The molecular weight excluding hydrogens is 174 g/mol. The van der Waals surface area contributed by atoms with E-state index in [2.05, 4.69) is 30.7 Å². The molecule has 0 aromatic heterocycles. The van der Waals surface area contributed by atoms with Crippen LogP contribution in [0.4, 0.5) is 0 Å². The zero-order valence-electron chi connectivity index (χ0n) is 9.59. The molecule has 0 bridgehead atoms. The van der Waals surface area contributed by atoms with E-state index in [-0.39, 0.29) is 0 Å². The van der Waals surface area contributed by atoms with Gasteiger partial charge in [-0.15, -0.1) is 0 Å². The van der Waals surface area contributed by atoms with Gasteiger partial charge in [-0.25, -0.2) is 4.99 Å². The Kier molecular flexibility index (Phi) is 5.68. The maximum absolute atomic E-state index is 5.80. The largest absolute Gasteiger partial charge is 0.383 e. The highest BCUT2D eigenvalue weighted by Gasteiger charge is 1.98. The minimum atomic E-state index is 0.373. The summed E-state index contributed by atoms with van der Waals surface area (Å²) in [5, 5.41) is 3.21. The molecule has 0 rings (SSSR count). The Morgan fingerprint density at radius 2 is 2.14 bits per heavy atom. The van der Waals surface area contributed by atoms with Crippen molar-refractivity contribution in [1.82, 2.24) is 5.32 Å². The van der Waals surface area contributed by atoms with E-state index in [0.29, 0.717) is 11.9 Å². The first kappa shape index (κ1) is 12.8. The number of nitrogens with one attached hydrogen (secondary N) is 1. The van der Waals surface area contributed by atoms with Crippen LogP contribution < -0.4 is 11.1 Å². The minimum absolute atomic E-state index is 0.373. The minimum Gasteiger partial charge on any atom is -0.383 e. The van der Waals surface area contributed by atoms with Crippen molar-refractivity contribution in [2.75, 3.05) is 0 Å². The second-order valence-corrected chi connectivity index (χ2v) is 3.47. The van der Waals surface area contributed by atoms with E-state index in [4.69, 9.17) is 5.73 Å². The van der Waals surface area contributed by atoms with E-state index in [0.717, 1.165) is 17.8 Å². The average Bonchev–Trinajstić information content (AvgIpc) is 2.12. The van der Waals surface area contributed by atoms with Gasteiger partial charge in [0.15, 0.2) is 0 Å². The van der Waals surface area contributed by atoms with Gasteiger partial charge in [-0.2, -0.15) is 0 Å². The normalized spacial score (nSPS) is 13.9. The number of aliphatic imine (C=N–C) groups is 1. The monoisotopic (exact) mass is 195 g/mol. The number of hydrogen-bond acceptors (Lipinski definition) is 3. The first-order valence-corrected chi connectivity index (χ1v) is 4.94. The molecule has 0 fully saturated rings. The fourth-order valence-corrected chi connectivity index (χ4v) is 1.01. The molecule has 0 unspecified atom stereocenters. The third kappa shape index (κ3) is 4.70. The van der Waals surface area contributed by atoms with Crippen LogP contribution in [0, 0.1) is 0 Å². The van der Waals surface area contributed by atoms with Crippen molar-refractivity contribution in [2.24, 2.45) is 10.7 Å². The summed E-state index contributed by atoms with van der Waals surface area (Å²) in [5.41, 5.74) is 7.62. The van der Waals surface area contributed by atoms with Gasteiger partial charge in [-0.3, -0.25) is 0 Å². The Labute approximate surface area is 86.8 Å². The second kappa shape index (κ2) is 6.24. The third-order valence-electron chi connectivity index (χ3n) is 1.75. The molecule has 80 valence electrons. The molecule has 0 heterocycles. The van der Waals surface area contributed by atoms with Crippen molar-refractivity contribution in [3.8, 4) is 0 Å². The molecule has 0 amide bonds. The summed E-state index contributed by atoms with van der Waals surface area (Å²) in [5.74, 6) is 0.537. The molecule has 0 aliphatic rings. The Balaban J connectivity index is 4.64. The van der Waals surface area contributed by atoms with Crippen molar-refractivity contribution in [2.45, 2.75) is 40.2 Å². The Bertz CT molecular complexity index is 249. The van der Waals surface area contributed by atoms with Gasteiger partial charge in [0, 0.05) is 11.8 Å². The highest BCUT2D eigenvalue weighted by atomic mass is 15.0. The number of nitrogens with zero attached hydrogens (tertiary/aromatic N) is 1. The van der Waals surface area contributed by atoms with E-state index in [9.17, 15) is 0 Å². The molecule has 3 heteroatoms. The van der Waals surface area contributed by atoms with E-state index in [1.165, 1.54) is 0 Å². The quantitative estimate of drug-likeness (QED) is 0.660. The topological polar surface area (TPSA) is 50.4 Å². The SMILES string of the molecule is C=CC(CC)=N/C(N)=C(\C)NC(C)C. The summed E-state index contributed by atoms with van der Waals surface area (Å²) in [6.07, 6.45) is 2.58. The standard InChI is InChI=1S/C11H21N3/c1-6-10(7-2)14-11(12)9(5)13-8(3)4/h6,8,13H,1,7,12H2,2-5H3/b11-9+,14-10?. The lowest BCUT2D eigenvalue weighted by Crippen LogP contribution is -2.23. The van der Waals surface area contributed by atoms with Gasteiger partial charge >= 0.3 is 0 Å². The Morgan fingerprint density at radius 1 is 1.57 bits per heavy atom. The summed E-state index contributed by atoms with van der Waals surface area (Å²) in [6, 6.07) is 0.373. The maximum Gasteiger partial charge on any atom is 0.142 e. The molecule has 0 aliphatic carbocycles. The molecule has 0 saturated heterocycles. The molecule has 0 radical (unpaired) electrons. The van der Waals surface area contributed by atoms with Crippen LogP contribution in [0.25, 0.3) is 0 Å². The highest BCUT2D eigenvalue weighted by molar-refractivity contribution is 5.94. The van der Waals surface area contributed by atoms with Crippen LogP contribution in [0.3, 0.4) is 0 Å². The number of rotatable bonds is 5. The zero-order valence-corrected chi connectivity index (χ0v) is 9.59. The predicted octanol–water partition coefficient (Wildman–Crippen LogP) is 2.17. The van der Waals surface area contributed by atoms with E-state index >= 15 is 0 Å². The van der Waals surface area contributed by atoms with Crippen LogP contribution in [-0.2, 0) is 0 Å². The van der Waals surface area contributed by atoms with Crippen LogP contribution in [0.5, 0.6) is 0 Å². The van der Waals surface area contributed by atoms with E-state index < -0.39 is 0 Å². The van der Waals surface area contributed by atoms with Crippen molar-refractivity contribution < 1.29 is 0 Å². The number of hydrogen-bond donors (Lipinski definition) is 2. The van der Waals surface area contributed by atoms with E-state index in [1.54, 1.807) is 6.08 Å². The first-order valence-electron chi connectivity index (χ1n) is 4.94. The average molecular weight is 195 g/mol. The molecule has 3 nitrogen and oxygen atoms in total. The van der Waals surface area contributed by atoms with Crippen LogP contribution in [-0.4, -0.2) is 11.8 Å². The summed E-state index contributed by atoms with van der Waals surface area (Å²) in [4.78, 5) is 4.26. The van der Waals surface area contributed by atoms with E-state index in [1.807, 2.05) is 13.8 Å².